The number of benzene rings is 1. The zero-order chi connectivity index (χ0) is 15.4. The Morgan fingerprint density at radius 2 is 1.45 bits per heavy atom. The van der Waals surface area contributed by atoms with Crippen molar-refractivity contribution in [1.82, 2.24) is 0 Å². The van der Waals surface area contributed by atoms with Gasteiger partial charge in [0.1, 0.15) is 16.1 Å². The maximum Gasteiger partial charge on any atom is 0.236 e. The molecule has 0 atom stereocenters. The van der Waals surface area contributed by atoms with E-state index in [9.17, 15) is 4.79 Å². The average molecular weight is 299 g/mol. The molecular formula is C17H22OSi2. The van der Waals surface area contributed by atoms with E-state index < -0.39 is 16.1 Å². The molecule has 1 aromatic rings. The predicted molar refractivity (Wildman–Crippen MR) is 92.1 cm³/mol. The number of rotatable bonds is 1. The molecule has 0 unspecified atom stereocenters. The standard InChI is InChI=1S/C17H22OSi2/c1-19(2,3)13-11-15-9-7-8-10-16(15)17(18)12-14-20(4,5)6/h7-10H,1-6H3. The van der Waals surface area contributed by atoms with Crippen molar-refractivity contribution in [3.05, 3.63) is 35.4 Å². The predicted octanol–water partition coefficient (Wildman–Crippen LogP) is 3.98. The summed E-state index contributed by atoms with van der Waals surface area (Å²) in [4.78, 5) is 12.2. The molecule has 1 rings (SSSR count). The molecule has 0 aliphatic carbocycles. The highest BCUT2D eigenvalue weighted by atomic mass is 28.3. The first-order valence-corrected chi connectivity index (χ1v) is 13.8. The van der Waals surface area contributed by atoms with Gasteiger partial charge in [-0.05, 0) is 18.1 Å². The molecule has 0 heterocycles. The van der Waals surface area contributed by atoms with Gasteiger partial charge >= 0.3 is 0 Å². The van der Waals surface area contributed by atoms with Crippen LogP contribution in [0, 0.1) is 22.9 Å². The van der Waals surface area contributed by atoms with Gasteiger partial charge in [0.25, 0.3) is 0 Å². The number of Topliss-reactive ketones (excluding diaryl/α,β-unsaturated/α-hetero) is 1. The van der Waals surface area contributed by atoms with Crippen molar-refractivity contribution in [2.75, 3.05) is 0 Å². The molecule has 1 aromatic carbocycles. The maximum absolute atomic E-state index is 12.2. The van der Waals surface area contributed by atoms with E-state index in [2.05, 4.69) is 62.2 Å². The van der Waals surface area contributed by atoms with Crippen molar-refractivity contribution < 1.29 is 4.79 Å². The highest BCUT2D eigenvalue weighted by Crippen LogP contribution is 2.09. The summed E-state index contributed by atoms with van der Waals surface area (Å²) >= 11 is 0. The van der Waals surface area contributed by atoms with Gasteiger partial charge in [-0.2, -0.15) is 0 Å². The summed E-state index contributed by atoms with van der Waals surface area (Å²) in [5.74, 6) is 5.84. The highest BCUT2D eigenvalue weighted by molar-refractivity contribution is 6.84. The van der Waals surface area contributed by atoms with Crippen LogP contribution in [-0.4, -0.2) is 21.9 Å². The Morgan fingerprint density at radius 1 is 0.900 bits per heavy atom. The molecule has 0 spiro atoms. The Labute approximate surface area is 124 Å². The normalized spacial score (nSPS) is 10.9. The van der Waals surface area contributed by atoms with Crippen LogP contribution in [0.3, 0.4) is 0 Å². The van der Waals surface area contributed by atoms with Crippen molar-refractivity contribution in [2.24, 2.45) is 0 Å². The fourth-order valence-electron chi connectivity index (χ4n) is 1.36. The van der Waals surface area contributed by atoms with Crippen molar-refractivity contribution in [2.45, 2.75) is 39.3 Å². The van der Waals surface area contributed by atoms with E-state index in [4.69, 9.17) is 0 Å². The third-order valence-corrected chi connectivity index (χ3v) is 4.04. The lowest BCUT2D eigenvalue weighted by molar-refractivity contribution is 0.105. The lowest BCUT2D eigenvalue weighted by Crippen LogP contribution is -2.17. The minimum atomic E-state index is -1.53. The molecule has 0 amide bonds. The first kappa shape index (κ1) is 16.5. The van der Waals surface area contributed by atoms with Crippen LogP contribution in [-0.2, 0) is 0 Å². The van der Waals surface area contributed by atoms with E-state index in [1.54, 1.807) is 0 Å². The third kappa shape index (κ3) is 6.06. The monoisotopic (exact) mass is 298 g/mol. The molecule has 0 radical (unpaired) electrons. The summed E-state index contributed by atoms with van der Waals surface area (Å²) in [6.07, 6.45) is 0. The molecule has 0 saturated heterocycles. The van der Waals surface area contributed by atoms with Gasteiger partial charge in [0, 0.05) is 11.1 Å². The largest absolute Gasteiger partial charge is 0.279 e. The van der Waals surface area contributed by atoms with Gasteiger partial charge in [-0.15, -0.1) is 11.1 Å². The maximum atomic E-state index is 12.2. The van der Waals surface area contributed by atoms with Crippen molar-refractivity contribution in [3.8, 4) is 22.9 Å². The fraction of sp³-hybridized carbons (Fsp3) is 0.353. The fourth-order valence-corrected chi connectivity index (χ4v) is 2.35. The second-order valence-corrected chi connectivity index (χ2v) is 16.4. The first-order chi connectivity index (χ1) is 9.08. The Hall–Kier alpha value is -1.56. The summed E-state index contributed by atoms with van der Waals surface area (Å²) < 4.78 is 0. The number of ketones is 1. The molecule has 104 valence electrons. The Morgan fingerprint density at radius 3 is 2.00 bits per heavy atom. The zero-order valence-electron chi connectivity index (χ0n) is 13.2. The first-order valence-electron chi connectivity index (χ1n) is 6.78. The highest BCUT2D eigenvalue weighted by Gasteiger charge is 2.12. The van der Waals surface area contributed by atoms with Gasteiger partial charge in [-0.1, -0.05) is 57.3 Å². The second-order valence-electron chi connectivity index (χ2n) is 6.87. The summed E-state index contributed by atoms with van der Waals surface area (Å²) in [7, 11) is -2.98. The molecule has 3 heteroatoms. The van der Waals surface area contributed by atoms with Gasteiger partial charge in [0.2, 0.25) is 5.78 Å². The molecule has 0 aromatic heterocycles. The van der Waals surface area contributed by atoms with Gasteiger partial charge in [-0.25, -0.2) is 0 Å². The van der Waals surface area contributed by atoms with E-state index in [1.165, 1.54) is 0 Å². The van der Waals surface area contributed by atoms with Crippen LogP contribution in [0.4, 0.5) is 0 Å². The van der Waals surface area contributed by atoms with Gasteiger partial charge in [0.15, 0.2) is 0 Å². The minimum Gasteiger partial charge on any atom is -0.279 e. The van der Waals surface area contributed by atoms with Gasteiger partial charge in [0.05, 0.1) is 0 Å². The Bertz CT molecular complexity index is 623. The van der Waals surface area contributed by atoms with Crippen LogP contribution in [0.5, 0.6) is 0 Å². The summed E-state index contributed by atoms with van der Waals surface area (Å²) in [6, 6.07) is 7.49. The molecule has 0 bridgehead atoms. The van der Waals surface area contributed by atoms with Gasteiger partial charge in [-0.3, -0.25) is 4.79 Å². The summed E-state index contributed by atoms with van der Waals surface area (Å²) in [5, 5.41) is 0. The molecule has 0 aliphatic heterocycles. The Kier molecular flexibility index (Phi) is 5.17. The smallest absolute Gasteiger partial charge is 0.236 e. The average Bonchev–Trinajstić information content (AvgIpc) is 2.32. The van der Waals surface area contributed by atoms with Crippen LogP contribution in [0.25, 0.3) is 0 Å². The molecule has 20 heavy (non-hydrogen) atoms. The van der Waals surface area contributed by atoms with E-state index in [0.717, 1.165) is 5.56 Å². The van der Waals surface area contributed by atoms with Crippen molar-refractivity contribution in [1.29, 1.82) is 0 Å². The van der Waals surface area contributed by atoms with E-state index in [1.807, 2.05) is 24.3 Å². The lowest BCUT2D eigenvalue weighted by Gasteiger charge is -2.05. The van der Waals surface area contributed by atoms with Crippen LogP contribution < -0.4 is 0 Å². The topological polar surface area (TPSA) is 17.1 Å². The van der Waals surface area contributed by atoms with E-state index in [0.29, 0.717) is 5.56 Å². The molecule has 1 nitrogen and oxygen atoms in total. The number of hydrogen-bond acceptors (Lipinski definition) is 1. The molecule has 0 saturated carbocycles. The van der Waals surface area contributed by atoms with Crippen LogP contribution >= 0.6 is 0 Å². The Balaban J connectivity index is 3.16. The van der Waals surface area contributed by atoms with E-state index in [-0.39, 0.29) is 5.78 Å². The van der Waals surface area contributed by atoms with Gasteiger partial charge < -0.3 is 0 Å². The molecule has 0 fully saturated rings. The number of hydrogen-bond donors (Lipinski definition) is 0. The van der Waals surface area contributed by atoms with E-state index >= 15 is 0 Å². The summed E-state index contributed by atoms with van der Waals surface area (Å²) in [6.45, 7) is 13.0. The molecular weight excluding hydrogens is 276 g/mol. The van der Waals surface area contributed by atoms with Crippen LogP contribution in [0.15, 0.2) is 24.3 Å². The SMILES string of the molecule is C[Si](C)(C)C#CC(=O)c1ccccc1C#C[Si](C)(C)C. The van der Waals surface area contributed by atoms with Crippen LogP contribution in [0.2, 0.25) is 39.3 Å². The lowest BCUT2D eigenvalue weighted by atomic mass is 10.0. The van der Waals surface area contributed by atoms with Crippen molar-refractivity contribution in [3.63, 3.8) is 0 Å². The summed E-state index contributed by atoms with van der Waals surface area (Å²) in [5.41, 5.74) is 7.85. The third-order valence-electron chi connectivity index (χ3n) is 2.29. The van der Waals surface area contributed by atoms with Crippen molar-refractivity contribution >= 4 is 21.9 Å². The molecule has 0 N–H and O–H groups in total. The number of carbonyl (C=O) groups is 1. The number of carbonyl (C=O) groups excluding carboxylic acids is 1. The molecule has 0 aliphatic rings. The zero-order valence-corrected chi connectivity index (χ0v) is 15.2. The quantitative estimate of drug-likeness (QED) is 0.435. The second kappa shape index (κ2) is 6.26. The minimum absolute atomic E-state index is 0.118. The van der Waals surface area contributed by atoms with Crippen LogP contribution in [0.1, 0.15) is 15.9 Å².